The third-order valence-electron chi connectivity index (χ3n) is 2.81. The number of carbonyl (C=O) groups excluding carboxylic acids is 1. The highest BCUT2D eigenvalue weighted by atomic mass is 16.5. The Morgan fingerprint density at radius 2 is 1.95 bits per heavy atom. The van der Waals surface area contributed by atoms with Gasteiger partial charge in [0.1, 0.15) is 0 Å². The lowest BCUT2D eigenvalue weighted by Gasteiger charge is -2.11. The number of pyridine rings is 1. The number of para-hydroxylation sites is 1. The zero-order valence-corrected chi connectivity index (χ0v) is 11.1. The molecule has 0 atom stereocenters. The second kappa shape index (κ2) is 5.52. The van der Waals surface area contributed by atoms with Crippen LogP contribution in [0.25, 0.3) is 0 Å². The van der Waals surface area contributed by atoms with Gasteiger partial charge in [-0.25, -0.2) is 0 Å². The Morgan fingerprint density at radius 3 is 2.58 bits per heavy atom. The Kier molecular flexibility index (Phi) is 3.80. The third kappa shape index (κ3) is 2.57. The Hall–Kier alpha value is -2.36. The molecule has 0 saturated carbocycles. The van der Waals surface area contributed by atoms with Crippen LogP contribution in [0.4, 0.5) is 0 Å². The first-order valence-electron chi connectivity index (χ1n) is 5.85. The molecule has 0 aliphatic heterocycles. The summed E-state index contributed by atoms with van der Waals surface area (Å²) in [6.07, 6.45) is 1.62. The fraction of sp³-hybridized carbons (Fsp3) is 0.200. The van der Waals surface area contributed by atoms with Gasteiger partial charge in [0.05, 0.1) is 19.8 Å². The molecule has 0 fully saturated rings. The fourth-order valence-corrected chi connectivity index (χ4v) is 1.91. The van der Waals surface area contributed by atoms with Crippen molar-refractivity contribution in [3.63, 3.8) is 0 Å². The molecule has 98 valence electrons. The molecule has 0 bridgehead atoms. The van der Waals surface area contributed by atoms with E-state index in [1.54, 1.807) is 43.6 Å². The van der Waals surface area contributed by atoms with Crippen LogP contribution < -0.4 is 9.47 Å². The standard InChI is InChI=1S/C15H15NO3/c1-10-9-11(7-8-16-10)14(17)12-5-4-6-13(18-2)15(12)19-3/h4-9H,1-3H3. The molecule has 1 aromatic heterocycles. The summed E-state index contributed by atoms with van der Waals surface area (Å²) in [6, 6.07) is 8.69. The molecule has 1 aromatic carbocycles. The Bertz CT molecular complexity index is 608. The summed E-state index contributed by atoms with van der Waals surface area (Å²) >= 11 is 0. The van der Waals surface area contributed by atoms with Crippen LogP contribution in [-0.2, 0) is 0 Å². The first-order valence-corrected chi connectivity index (χ1v) is 5.85. The topological polar surface area (TPSA) is 48.4 Å². The van der Waals surface area contributed by atoms with Gasteiger partial charge >= 0.3 is 0 Å². The molecular formula is C15H15NO3. The van der Waals surface area contributed by atoms with E-state index in [4.69, 9.17) is 9.47 Å². The molecule has 2 aromatic rings. The van der Waals surface area contributed by atoms with Crippen molar-refractivity contribution in [3.05, 3.63) is 53.3 Å². The molecule has 0 aliphatic rings. The van der Waals surface area contributed by atoms with Gasteiger partial charge < -0.3 is 9.47 Å². The quantitative estimate of drug-likeness (QED) is 0.790. The van der Waals surface area contributed by atoms with Crippen LogP contribution in [0.1, 0.15) is 21.6 Å². The van der Waals surface area contributed by atoms with Crippen molar-refractivity contribution in [1.82, 2.24) is 4.98 Å². The minimum Gasteiger partial charge on any atom is -0.493 e. The van der Waals surface area contributed by atoms with Crippen molar-refractivity contribution < 1.29 is 14.3 Å². The van der Waals surface area contributed by atoms with E-state index in [0.717, 1.165) is 5.69 Å². The number of aromatic nitrogens is 1. The van der Waals surface area contributed by atoms with Crippen molar-refractivity contribution in [2.75, 3.05) is 14.2 Å². The zero-order valence-electron chi connectivity index (χ0n) is 11.1. The lowest BCUT2D eigenvalue weighted by atomic mass is 10.0. The number of methoxy groups -OCH3 is 2. The van der Waals surface area contributed by atoms with Gasteiger partial charge in [0.15, 0.2) is 17.3 Å². The molecule has 0 N–H and O–H groups in total. The molecule has 4 heteroatoms. The number of hydrogen-bond donors (Lipinski definition) is 0. The molecule has 0 unspecified atom stereocenters. The minimum absolute atomic E-state index is 0.110. The normalized spacial score (nSPS) is 10.1. The van der Waals surface area contributed by atoms with Crippen molar-refractivity contribution in [2.45, 2.75) is 6.92 Å². The number of ketones is 1. The molecule has 2 rings (SSSR count). The molecule has 19 heavy (non-hydrogen) atoms. The SMILES string of the molecule is COc1cccc(C(=O)c2ccnc(C)c2)c1OC. The van der Waals surface area contributed by atoms with Crippen LogP contribution in [0.3, 0.4) is 0 Å². The van der Waals surface area contributed by atoms with E-state index in [1.165, 1.54) is 7.11 Å². The van der Waals surface area contributed by atoms with Crippen molar-refractivity contribution >= 4 is 5.78 Å². The van der Waals surface area contributed by atoms with E-state index in [2.05, 4.69) is 4.98 Å². The van der Waals surface area contributed by atoms with Crippen molar-refractivity contribution in [2.24, 2.45) is 0 Å². The van der Waals surface area contributed by atoms with Crippen LogP contribution in [0.5, 0.6) is 11.5 Å². The number of ether oxygens (including phenoxy) is 2. The van der Waals surface area contributed by atoms with Gasteiger partial charge in [-0.2, -0.15) is 0 Å². The number of hydrogen-bond acceptors (Lipinski definition) is 4. The fourth-order valence-electron chi connectivity index (χ4n) is 1.91. The van der Waals surface area contributed by atoms with Crippen LogP contribution in [-0.4, -0.2) is 25.0 Å². The maximum Gasteiger partial charge on any atom is 0.197 e. The monoisotopic (exact) mass is 257 g/mol. The largest absolute Gasteiger partial charge is 0.493 e. The summed E-state index contributed by atoms with van der Waals surface area (Å²) in [5.74, 6) is 0.879. The van der Waals surface area contributed by atoms with E-state index in [0.29, 0.717) is 22.6 Å². The first kappa shape index (κ1) is 13.1. The summed E-state index contributed by atoms with van der Waals surface area (Å²) in [7, 11) is 3.06. The van der Waals surface area contributed by atoms with Gasteiger partial charge in [-0.3, -0.25) is 9.78 Å². The summed E-state index contributed by atoms with van der Waals surface area (Å²) in [4.78, 5) is 16.6. The lowest BCUT2D eigenvalue weighted by Crippen LogP contribution is -2.05. The molecule has 0 saturated heterocycles. The molecule has 4 nitrogen and oxygen atoms in total. The maximum atomic E-state index is 12.5. The van der Waals surface area contributed by atoms with Gasteiger partial charge in [0, 0.05) is 17.5 Å². The lowest BCUT2D eigenvalue weighted by molar-refractivity contribution is 0.103. The average Bonchev–Trinajstić information content (AvgIpc) is 2.45. The predicted molar refractivity (Wildman–Crippen MR) is 72.0 cm³/mol. The Balaban J connectivity index is 2.50. The van der Waals surface area contributed by atoms with Crippen LogP contribution >= 0.6 is 0 Å². The van der Waals surface area contributed by atoms with E-state index >= 15 is 0 Å². The number of rotatable bonds is 4. The summed E-state index contributed by atoms with van der Waals surface area (Å²) in [5, 5.41) is 0. The highest BCUT2D eigenvalue weighted by Crippen LogP contribution is 2.32. The second-order valence-electron chi connectivity index (χ2n) is 4.06. The maximum absolute atomic E-state index is 12.5. The number of nitrogens with zero attached hydrogens (tertiary/aromatic N) is 1. The summed E-state index contributed by atoms with van der Waals surface area (Å²) in [6.45, 7) is 1.85. The molecule has 0 radical (unpaired) electrons. The van der Waals surface area contributed by atoms with Crippen LogP contribution in [0.15, 0.2) is 36.5 Å². The zero-order chi connectivity index (χ0) is 13.8. The number of benzene rings is 1. The summed E-state index contributed by atoms with van der Waals surface area (Å²) in [5.41, 5.74) is 1.86. The molecule has 0 amide bonds. The highest BCUT2D eigenvalue weighted by molar-refractivity contribution is 6.11. The van der Waals surface area contributed by atoms with Gasteiger partial charge in [-0.05, 0) is 31.2 Å². The minimum atomic E-state index is -0.110. The van der Waals surface area contributed by atoms with E-state index in [-0.39, 0.29) is 5.78 Å². The third-order valence-corrected chi connectivity index (χ3v) is 2.81. The summed E-state index contributed by atoms with van der Waals surface area (Å²) < 4.78 is 10.5. The second-order valence-corrected chi connectivity index (χ2v) is 4.06. The van der Waals surface area contributed by atoms with Crippen LogP contribution in [0, 0.1) is 6.92 Å². The molecule has 0 aliphatic carbocycles. The molecular weight excluding hydrogens is 242 g/mol. The van der Waals surface area contributed by atoms with E-state index < -0.39 is 0 Å². The van der Waals surface area contributed by atoms with Gasteiger partial charge in [-0.1, -0.05) is 6.07 Å². The smallest absolute Gasteiger partial charge is 0.197 e. The first-order chi connectivity index (χ1) is 9.17. The van der Waals surface area contributed by atoms with Gasteiger partial charge in [0.2, 0.25) is 0 Å². The van der Waals surface area contributed by atoms with E-state index in [1.807, 2.05) is 6.92 Å². The molecule has 1 heterocycles. The van der Waals surface area contributed by atoms with Crippen LogP contribution in [0.2, 0.25) is 0 Å². The van der Waals surface area contributed by atoms with Crippen molar-refractivity contribution in [3.8, 4) is 11.5 Å². The van der Waals surface area contributed by atoms with Crippen molar-refractivity contribution in [1.29, 1.82) is 0 Å². The van der Waals surface area contributed by atoms with E-state index in [9.17, 15) is 4.79 Å². The van der Waals surface area contributed by atoms with Gasteiger partial charge in [-0.15, -0.1) is 0 Å². The molecule has 0 spiro atoms. The number of aryl methyl sites for hydroxylation is 1. The Labute approximate surface area is 112 Å². The predicted octanol–water partition coefficient (Wildman–Crippen LogP) is 2.64. The van der Waals surface area contributed by atoms with Gasteiger partial charge in [0.25, 0.3) is 0 Å². The average molecular weight is 257 g/mol. The Morgan fingerprint density at radius 1 is 1.16 bits per heavy atom. The highest BCUT2D eigenvalue weighted by Gasteiger charge is 2.17. The number of carbonyl (C=O) groups is 1.